The lowest BCUT2D eigenvalue weighted by molar-refractivity contribution is 0.488. The Balaban J connectivity index is 2.71. The SMILES string of the molecule is CC(C)NC(C)Cc1c(Cl)cccc1Cl. The fourth-order valence-electron chi connectivity index (χ4n) is 1.66. The molecule has 0 heterocycles. The standard InChI is InChI=1S/C12H17Cl2N/c1-8(2)15-9(3)7-10-11(13)5-4-6-12(10)14/h4-6,8-9,15H,7H2,1-3H3. The number of rotatable bonds is 4. The van der Waals surface area contributed by atoms with Gasteiger partial charge in [0, 0.05) is 22.1 Å². The van der Waals surface area contributed by atoms with Crippen molar-refractivity contribution in [2.24, 2.45) is 0 Å². The summed E-state index contributed by atoms with van der Waals surface area (Å²) >= 11 is 12.2. The zero-order valence-electron chi connectivity index (χ0n) is 9.35. The third-order valence-electron chi connectivity index (χ3n) is 2.19. The molecule has 1 rings (SSSR count). The van der Waals surface area contributed by atoms with Gasteiger partial charge in [0.25, 0.3) is 0 Å². The number of benzene rings is 1. The van der Waals surface area contributed by atoms with Crippen molar-refractivity contribution in [3.8, 4) is 0 Å². The van der Waals surface area contributed by atoms with Crippen LogP contribution in [0.25, 0.3) is 0 Å². The molecular formula is C12H17Cl2N. The van der Waals surface area contributed by atoms with Crippen molar-refractivity contribution in [1.29, 1.82) is 0 Å². The molecule has 0 radical (unpaired) electrons. The van der Waals surface area contributed by atoms with Gasteiger partial charge >= 0.3 is 0 Å². The summed E-state index contributed by atoms with van der Waals surface area (Å²) in [5.74, 6) is 0. The fourth-order valence-corrected chi connectivity index (χ4v) is 2.21. The summed E-state index contributed by atoms with van der Waals surface area (Å²) in [5.41, 5.74) is 1.03. The number of hydrogen-bond acceptors (Lipinski definition) is 1. The lowest BCUT2D eigenvalue weighted by atomic mass is 10.1. The molecular weight excluding hydrogens is 229 g/mol. The Labute approximate surface area is 102 Å². The molecule has 3 heteroatoms. The van der Waals surface area contributed by atoms with E-state index in [4.69, 9.17) is 23.2 Å². The molecule has 1 aromatic carbocycles. The summed E-state index contributed by atoms with van der Waals surface area (Å²) in [4.78, 5) is 0. The highest BCUT2D eigenvalue weighted by Gasteiger charge is 2.10. The molecule has 1 nitrogen and oxygen atoms in total. The van der Waals surface area contributed by atoms with Crippen LogP contribution in [0, 0.1) is 0 Å². The van der Waals surface area contributed by atoms with E-state index in [0.29, 0.717) is 12.1 Å². The van der Waals surface area contributed by atoms with Crippen molar-refractivity contribution in [1.82, 2.24) is 5.32 Å². The topological polar surface area (TPSA) is 12.0 Å². The lowest BCUT2D eigenvalue weighted by Gasteiger charge is -2.18. The maximum atomic E-state index is 6.10. The molecule has 1 aromatic rings. The highest BCUT2D eigenvalue weighted by molar-refractivity contribution is 6.35. The second kappa shape index (κ2) is 5.74. The summed E-state index contributed by atoms with van der Waals surface area (Å²) < 4.78 is 0. The van der Waals surface area contributed by atoms with Crippen LogP contribution in [0.1, 0.15) is 26.3 Å². The average molecular weight is 246 g/mol. The molecule has 0 bridgehead atoms. The summed E-state index contributed by atoms with van der Waals surface area (Å²) in [6.45, 7) is 6.40. The summed E-state index contributed by atoms with van der Waals surface area (Å²) in [7, 11) is 0. The highest BCUT2D eigenvalue weighted by Crippen LogP contribution is 2.25. The molecule has 0 saturated carbocycles. The average Bonchev–Trinajstić information content (AvgIpc) is 2.10. The molecule has 1 unspecified atom stereocenters. The predicted octanol–water partition coefficient (Wildman–Crippen LogP) is 3.92. The quantitative estimate of drug-likeness (QED) is 0.848. The first-order chi connectivity index (χ1) is 7.00. The van der Waals surface area contributed by atoms with Crippen LogP contribution in [0.2, 0.25) is 10.0 Å². The zero-order chi connectivity index (χ0) is 11.4. The van der Waals surface area contributed by atoms with Crippen LogP contribution in [0.5, 0.6) is 0 Å². The lowest BCUT2D eigenvalue weighted by Crippen LogP contribution is -2.34. The first-order valence-corrected chi connectivity index (χ1v) is 5.95. The molecule has 0 aromatic heterocycles. The van der Waals surface area contributed by atoms with Gasteiger partial charge in [0.1, 0.15) is 0 Å². The van der Waals surface area contributed by atoms with Gasteiger partial charge in [0.15, 0.2) is 0 Å². The molecule has 0 spiro atoms. The van der Waals surface area contributed by atoms with Crippen molar-refractivity contribution in [3.63, 3.8) is 0 Å². The third-order valence-corrected chi connectivity index (χ3v) is 2.90. The van der Waals surface area contributed by atoms with E-state index in [1.54, 1.807) is 0 Å². The largest absolute Gasteiger partial charge is 0.312 e. The Morgan fingerprint density at radius 1 is 1.13 bits per heavy atom. The van der Waals surface area contributed by atoms with Gasteiger partial charge in [-0.15, -0.1) is 0 Å². The van der Waals surface area contributed by atoms with Gasteiger partial charge in [-0.1, -0.05) is 43.1 Å². The Morgan fingerprint density at radius 3 is 2.13 bits per heavy atom. The summed E-state index contributed by atoms with van der Waals surface area (Å²) in [5, 5.41) is 4.93. The van der Waals surface area contributed by atoms with Crippen LogP contribution in [-0.2, 0) is 6.42 Å². The molecule has 0 aliphatic carbocycles. The highest BCUT2D eigenvalue weighted by atomic mass is 35.5. The second-order valence-electron chi connectivity index (χ2n) is 4.13. The van der Waals surface area contributed by atoms with Gasteiger partial charge in [-0.05, 0) is 31.0 Å². The van der Waals surface area contributed by atoms with Crippen molar-refractivity contribution < 1.29 is 0 Å². The first-order valence-electron chi connectivity index (χ1n) is 5.19. The molecule has 15 heavy (non-hydrogen) atoms. The Hall–Kier alpha value is -0.240. The molecule has 0 fully saturated rings. The van der Waals surface area contributed by atoms with Crippen LogP contribution in [0.3, 0.4) is 0 Å². The summed E-state index contributed by atoms with van der Waals surface area (Å²) in [6.07, 6.45) is 0.858. The normalized spacial score (nSPS) is 13.2. The smallest absolute Gasteiger partial charge is 0.0453 e. The number of nitrogens with one attached hydrogen (secondary N) is 1. The van der Waals surface area contributed by atoms with Gasteiger partial charge in [-0.3, -0.25) is 0 Å². The molecule has 0 amide bonds. The zero-order valence-corrected chi connectivity index (χ0v) is 10.9. The first kappa shape index (κ1) is 12.8. The third kappa shape index (κ3) is 4.02. The Bertz CT molecular complexity index is 303. The Kier molecular flexibility index (Phi) is 4.91. The van der Waals surface area contributed by atoms with Crippen LogP contribution in [-0.4, -0.2) is 12.1 Å². The van der Waals surface area contributed by atoms with E-state index in [2.05, 4.69) is 26.1 Å². The summed E-state index contributed by atoms with van der Waals surface area (Å²) in [6, 6.07) is 6.48. The van der Waals surface area contributed by atoms with Gasteiger partial charge < -0.3 is 5.32 Å². The minimum absolute atomic E-state index is 0.377. The van der Waals surface area contributed by atoms with Gasteiger partial charge in [0.05, 0.1) is 0 Å². The molecule has 0 saturated heterocycles. The monoisotopic (exact) mass is 245 g/mol. The second-order valence-corrected chi connectivity index (χ2v) is 4.94. The molecule has 0 aliphatic heterocycles. The van der Waals surface area contributed by atoms with Crippen LogP contribution in [0.4, 0.5) is 0 Å². The van der Waals surface area contributed by atoms with Gasteiger partial charge in [0.2, 0.25) is 0 Å². The number of hydrogen-bond donors (Lipinski definition) is 1. The van der Waals surface area contributed by atoms with E-state index in [-0.39, 0.29) is 0 Å². The Morgan fingerprint density at radius 2 is 1.67 bits per heavy atom. The van der Waals surface area contributed by atoms with Crippen molar-refractivity contribution in [2.45, 2.75) is 39.3 Å². The van der Waals surface area contributed by atoms with E-state index < -0.39 is 0 Å². The molecule has 1 atom stereocenters. The van der Waals surface area contributed by atoms with Crippen molar-refractivity contribution in [2.75, 3.05) is 0 Å². The van der Waals surface area contributed by atoms with Crippen molar-refractivity contribution >= 4 is 23.2 Å². The van der Waals surface area contributed by atoms with Gasteiger partial charge in [-0.2, -0.15) is 0 Å². The molecule has 0 aliphatic rings. The minimum Gasteiger partial charge on any atom is -0.312 e. The maximum Gasteiger partial charge on any atom is 0.0453 e. The molecule has 1 N–H and O–H groups in total. The van der Waals surface area contributed by atoms with Crippen LogP contribution < -0.4 is 5.32 Å². The van der Waals surface area contributed by atoms with Crippen molar-refractivity contribution in [3.05, 3.63) is 33.8 Å². The van der Waals surface area contributed by atoms with Crippen LogP contribution in [0.15, 0.2) is 18.2 Å². The minimum atomic E-state index is 0.377. The van der Waals surface area contributed by atoms with E-state index in [1.807, 2.05) is 18.2 Å². The van der Waals surface area contributed by atoms with E-state index in [9.17, 15) is 0 Å². The van der Waals surface area contributed by atoms with E-state index >= 15 is 0 Å². The van der Waals surface area contributed by atoms with Gasteiger partial charge in [-0.25, -0.2) is 0 Å². The predicted molar refractivity (Wildman–Crippen MR) is 67.9 cm³/mol. The van der Waals surface area contributed by atoms with Crippen LogP contribution >= 0.6 is 23.2 Å². The number of halogens is 2. The molecule has 84 valence electrons. The van der Waals surface area contributed by atoms with E-state index in [1.165, 1.54) is 0 Å². The van der Waals surface area contributed by atoms with E-state index in [0.717, 1.165) is 22.0 Å². The maximum absolute atomic E-state index is 6.10. The fraction of sp³-hybridized carbons (Fsp3) is 0.500.